The van der Waals surface area contributed by atoms with Gasteiger partial charge in [-0.3, -0.25) is 9.59 Å². The first-order valence-electron chi connectivity index (χ1n) is 9.70. The predicted molar refractivity (Wildman–Crippen MR) is 122 cm³/mol. The SMILES string of the molecule is Cc1cc(Cl)ccc1NC(=O)c1ccc2c(c1)CCCN2C(=O)c1cccc(Cl)c1. The van der Waals surface area contributed by atoms with E-state index in [1.54, 1.807) is 47.4 Å². The molecule has 0 aliphatic carbocycles. The number of carbonyl (C=O) groups is 2. The van der Waals surface area contributed by atoms with Crippen LogP contribution in [-0.2, 0) is 6.42 Å². The number of fused-ring (bicyclic) bond motifs is 1. The number of nitrogens with one attached hydrogen (secondary N) is 1. The average molecular weight is 439 g/mol. The number of amides is 2. The van der Waals surface area contributed by atoms with Gasteiger partial charge >= 0.3 is 0 Å². The van der Waals surface area contributed by atoms with Crippen LogP contribution in [0.3, 0.4) is 0 Å². The lowest BCUT2D eigenvalue weighted by molar-refractivity contribution is 0.0984. The Morgan fingerprint density at radius 1 is 0.933 bits per heavy atom. The van der Waals surface area contributed by atoms with Crippen LogP contribution >= 0.6 is 23.2 Å². The highest BCUT2D eigenvalue weighted by Crippen LogP contribution is 2.30. The highest BCUT2D eigenvalue weighted by atomic mass is 35.5. The number of nitrogens with zero attached hydrogens (tertiary/aromatic N) is 1. The van der Waals surface area contributed by atoms with E-state index in [9.17, 15) is 9.59 Å². The molecule has 3 aromatic rings. The van der Waals surface area contributed by atoms with E-state index in [1.165, 1.54) is 0 Å². The third-order valence-electron chi connectivity index (χ3n) is 5.21. The van der Waals surface area contributed by atoms with Gasteiger partial charge in [-0.05, 0) is 85.5 Å². The molecular formula is C24H20Cl2N2O2. The van der Waals surface area contributed by atoms with E-state index in [0.29, 0.717) is 27.7 Å². The van der Waals surface area contributed by atoms with Gasteiger partial charge in [-0.25, -0.2) is 0 Å². The van der Waals surface area contributed by atoms with Gasteiger partial charge in [-0.15, -0.1) is 0 Å². The lowest BCUT2D eigenvalue weighted by Crippen LogP contribution is -2.35. The van der Waals surface area contributed by atoms with Crippen molar-refractivity contribution in [3.8, 4) is 0 Å². The van der Waals surface area contributed by atoms with Gasteiger partial charge in [0.05, 0.1) is 0 Å². The summed E-state index contributed by atoms with van der Waals surface area (Å²) in [6.07, 6.45) is 1.65. The van der Waals surface area contributed by atoms with E-state index in [-0.39, 0.29) is 11.8 Å². The maximum atomic E-state index is 13.0. The summed E-state index contributed by atoms with van der Waals surface area (Å²) in [6, 6.07) is 17.8. The molecule has 0 fully saturated rings. The van der Waals surface area contributed by atoms with E-state index in [4.69, 9.17) is 23.2 Å². The lowest BCUT2D eigenvalue weighted by Gasteiger charge is -2.30. The Morgan fingerprint density at radius 2 is 1.73 bits per heavy atom. The van der Waals surface area contributed by atoms with Crippen LogP contribution < -0.4 is 10.2 Å². The maximum absolute atomic E-state index is 13.0. The number of hydrogen-bond donors (Lipinski definition) is 1. The zero-order valence-corrected chi connectivity index (χ0v) is 17.9. The highest BCUT2D eigenvalue weighted by Gasteiger charge is 2.24. The Morgan fingerprint density at radius 3 is 2.50 bits per heavy atom. The summed E-state index contributed by atoms with van der Waals surface area (Å²) in [5.41, 5.74) is 4.55. The van der Waals surface area contributed by atoms with Gasteiger partial charge in [-0.1, -0.05) is 29.3 Å². The molecule has 1 N–H and O–H groups in total. The first-order chi connectivity index (χ1) is 14.4. The fraction of sp³-hybridized carbons (Fsp3) is 0.167. The monoisotopic (exact) mass is 438 g/mol. The number of halogens is 2. The molecule has 6 heteroatoms. The molecular weight excluding hydrogens is 419 g/mol. The van der Waals surface area contributed by atoms with Gasteiger partial charge in [0.15, 0.2) is 0 Å². The van der Waals surface area contributed by atoms with E-state index in [2.05, 4.69) is 5.32 Å². The molecule has 4 rings (SSSR count). The summed E-state index contributed by atoms with van der Waals surface area (Å²) in [6.45, 7) is 2.53. The maximum Gasteiger partial charge on any atom is 0.258 e. The molecule has 2 amide bonds. The Hall–Kier alpha value is -2.82. The fourth-order valence-corrected chi connectivity index (χ4v) is 4.11. The van der Waals surface area contributed by atoms with Crippen LogP contribution in [0.2, 0.25) is 10.0 Å². The van der Waals surface area contributed by atoms with Gasteiger partial charge < -0.3 is 10.2 Å². The number of aryl methyl sites for hydroxylation is 2. The summed E-state index contributed by atoms with van der Waals surface area (Å²) in [5, 5.41) is 4.09. The number of anilines is 2. The van der Waals surface area contributed by atoms with Crippen LogP contribution in [0.15, 0.2) is 60.7 Å². The van der Waals surface area contributed by atoms with E-state index < -0.39 is 0 Å². The van der Waals surface area contributed by atoms with Gasteiger partial charge in [-0.2, -0.15) is 0 Å². The number of benzene rings is 3. The Bertz CT molecular complexity index is 1140. The van der Waals surface area contributed by atoms with Gasteiger partial charge in [0.2, 0.25) is 0 Å². The topological polar surface area (TPSA) is 49.4 Å². The minimum Gasteiger partial charge on any atom is -0.322 e. The molecule has 30 heavy (non-hydrogen) atoms. The molecule has 0 aromatic heterocycles. The average Bonchev–Trinajstić information content (AvgIpc) is 2.74. The molecule has 4 nitrogen and oxygen atoms in total. The molecule has 0 saturated carbocycles. The molecule has 3 aromatic carbocycles. The molecule has 0 unspecified atom stereocenters. The summed E-state index contributed by atoms with van der Waals surface area (Å²) >= 11 is 12.0. The van der Waals surface area contributed by atoms with Crippen molar-refractivity contribution < 1.29 is 9.59 Å². The molecule has 1 aliphatic heterocycles. The second kappa shape index (κ2) is 8.50. The number of carbonyl (C=O) groups excluding carboxylic acids is 2. The summed E-state index contributed by atoms with van der Waals surface area (Å²) in [4.78, 5) is 27.5. The summed E-state index contributed by atoms with van der Waals surface area (Å²) in [7, 11) is 0. The summed E-state index contributed by atoms with van der Waals surface area (Å²) < 4.78 is 0. The Balaban J connectivity index is 1.58. The minimum atomic E-state index is -0.193. The van der Waals surface area contributed by atoms with Crippen molar-refractivity contribution in [2.24, 2.45) is 0 Å². The third-order valence-corrected chi connectivity index (χ3v) is 5.68. The quantitative estimate of drug-likeness (QED) is 0.533. The van der Waals surface area contributed by atoms with Gasteiger partial charge in [0.1, 0.15) is 0 Å². The van der Waals surface area contributed by atoms with Crippen molar-refractivity contribution in [2.75, 3.05) is 16.8 Å². The van der Waals surface area contributed by atoms with Crippen molar-refractivity contribution >= 4 is 46.4 Å². The van der Waals surface area contributed by atoms with Crippen LogP contribution in [0.4, 0.5) is 11.4 Å². The largest absolute Gasteiger partial charge is 0.322 e. The van der Waals surface area contributed by atoms with Crippen LogP contribution in [-0.4, -0.2) is 18.4 Å². The second-order valence-electron chi connectivity index (χ2n) is 7.33. The van der Waals surface area contributed by atoms with E-state index >= 15 is 0 Å². The molecule has 152 valence electrons. The zero-order chi connectivity index (χ0) is 21.3. The van der Waals surface area contributed by atoms with E-state index in [0.717, 1.165) is 35.3 Å². The fourth-order valence-electron chi connectivity index (χ4n) is 3.69. The third kappa shape index (κ3) is 4.20. The molecule has 1 aliphatic rings. The summed E-state index contributed by atoms with van der Waals surface area (Å²) in [5.74, 6) is -0.283. The van der Waals surface area contributed by atoms with Crippen molar-refractivity contribution in [2.45, 2.75) is 19.8 Å². The molecule has 0 bridgehead atoms. The van der Waals surface area contributed by atoms with Crippen molar-refractivity contribution in [3.63, 3.8) is 0 Å². The molecule has 0 saturated heterocycles. The molecule has 0 spiro atoms. The number of rotatable bonds is 3. The first kappa shape index (κ1) is 20.5. The molecule has 1 heterocycles. The Kier molecular flexibility index (Phi) is 5.80. The van der Waals surface area contributed by atoms with Crippen LogP contribution in [0.5, 0.6) is 0 Å². The van der Waals surface area contributed by atoms with Crippen LogP contribution in [0, 0.1) is 6.92 Å². The molecule has 0 atom stereocenters. The standard InChI is InChI=1S/C24H20Cl2N2O2/c1-15-12-20(26)8-9-21(15)27-23(29)17-7-10-22-16(13-17)5-3-11-28(22)24(30)18-4-2-6-19(25)14-18/h2,4,6-10,12-14H,3,5,11H2,1H3,(H,27,29). The minimum absolute atomic E-state index is 0.0903. The second-order valence-corrected chi connectivity index (χ2v) is 8.20. The van der Waals surface area contributed by atoms with E-state index in [1.807, 2.05) is 25.1 Å². The Labute approximate surface area is 185 Å². The van der Waals surface area contributed by atoms with Gasteiger partial charge in [0, 0.05) is 39.1 Å². The predicted octanol–water partition coefficient (Wildman–Crippen LogP) is 6.15. The number of hydrogen-bond acceptors (Lipinski definition) is 2. The first-order valence-corrected chi connectivity index (χ1v) is 10.5. The lowest BCUT2D eigenvalue weighted by atomic mass is 9.98. The van der Waals surface area contributed by atoms with Crippen LogP contribution in [0.25, 0.3) is 0 Å². The molecule has 0 radical (unpaired) electrons. The van der Waals surface area contributed by atoms with Crippen molar-refractivity contribution in [1.82, 2.24) is 0 Å². The van der Waals surface area contributed by atoms with Crippen molar-refractivity contribution in [1.29, 1.82) is 0 Å². The zero-order valence-electron chi connectivity index (χ0n) is 16.4. The van der Waals surface area contributed by atoms with Gasteiger partial charge in [0.25, 0.3) is 11.8 Å². The highest BCUT2D eigenvalue weighted by molar-refractivity contribution is 6.31. The van der Waals surface area contributed by atoms with Crippen molar-refractivity contribution in [3.05, 3.63) is 93.0 Å². The smallest absolute Gasteiger partial charge is 0.258 e. The normalized spacial score (nSPS) is 13.0. The van der Waals surface area contributed by atoms with Crippen LogP contribution in [0.1, 0.15) is 38.3 Å².